The molecule has 2 aliphatic heterocycles. The first-order chi connectivity index (χ1) is 14.1. The summed E-state index contributed by atoms with van der Waals surface area (Å²) in [7, 11) is 1.87. The summed E-state index contributed by atoms with van der Waals surface area (Å²) in [4.78, 5) is 30.2. The summed E-state index contributed by atoms with van der Waals surface area (Å²) in [5, 5.41) is 1.86. The van der Waals surface area contributed by atoms with Crippen LogP contribution in [0.5, 0.6) is 11.5 Å². The third-order valence-electron chi connectivity index (χ3n) is 6.46. The van der Waals surface area contributed by atoms with E-state index in [9.17, 15) is 9.59 Å². The quantitative estimate of drug-likeness (QED) is 0.769. The van der Waals surface area contributed by atoms with Crippen molar-refractivity contribution in [3.05, 3.63) is 34.4 Å². The molecule has 2 amide bonds. The number of likely N-dealkylation sites (tertiary alicyclic amines) is 1. The van der Waals surface area contributed by atoms with E-state index in [-0.39, 0.29) is 17.9 Å². The number of furan rings is 1. The Morgan fingerprint density at radius 1 is 1.21 bits per heavy atom. The predicted molar refractivity (Wildman–Crippen MR) is 107 cm³/mol. The standard InChI is InChI=1S/C21H24N2O5S/c1-22(20(24)14-3-5-26-11-14)16-8-13-2-4-23(10-15(13)9-16)21(25)19-18-17(12-29-19)27-6-7-28-18/h3,5,11-13,15-16H,2,4,6-10H2,1H3/t13-,15-,16+/m1/s1. The van der Waals surface area contributed by atoms with Crippen LogP contribution in [0.3, 0.4) is 0 Å². The number of rotatable bonds is 3. The Morgan fingerprint density at radius 2 is 2.03 bits per heavy atom. The number of carbonyl (C=O) groups is 2. The minimum absolute atomic E-state index is 0.00214. The maximum atomic E-state index is 13.1. The van der Waals surface area contributed by atoms with Crippen molar-refractivity contribution >= 4 is 23.2 Å². The molecule has 0 aromatic carbocycles. The molecule has 0 unspecified atom stereocenters. The zero-order chi connectivity index (χ0) is 20.0. The van der Waals surface area contributed by atoms with Crippen LogP contribution in [0.1, 0.15) is 39.3 Å². The van der Waals surface area contributed by atoms with Gasteiger partial charge in [0.25, 0.3) is 11.8 Å². The van der Waals surface area contributed by atoms with E-state index in [0.29, 0.717) is 47.0 Å². The molecule has 0 radical (unpaired) electrons. The fourth-order valence-electron chi connectivity index (χ4n) is 4.86. The Bertz CT molecular complexity index is 908. The highest BCUT2D eigenvalue weighted by Crippen LogP contribution is 2.43. The van der Waals surface area contributed by atoms with Crippen molar-refractivity contribution in [2.75, 3.05) is 33.4 Å². The van der Waals surface area contributed by atoms with Gasteiger partial charge in [-0.1, -0.05) is 0 Å². The molecule has 154 valence electrons. The van der Waals surface area contributed by atoms with Gasteiger partial charge >= 0.3 is 0 Å². The molecule has 1 saturated heterocycles. The lowest BCUT2D eigenvalue weighted by atomic mass is 9.88. The average Bonchev–Trinajstić information content (AvgIpc) is 3.50. The summed E-state index contributed by atoms with van der Waals surface area (Å²) in [6, 6.07) is 1.91. The van der Waals surface area contributed by atoms with Crippen LogP contribution in [-0.4, -0.2) is 61.0 Å². The van der Waals surface area contributed by atoms with Crippen molar-refractivity contribution in [2.45, 2.75) is 25.3 Å². The number of ether oxygens (including phenoxy) is 2. The van der Waals surface area contributed by atoms with E-state index in [1.165, 1.54) is 23.9 Å². The number of thiophene rings is 1. The molecule has 0 spiro atoms. The highest BCUT2D eigenvalue weighted by atomic mass is 32.1. The van der Waals surface area contributed by atoms with Gasteiger partial charge in [-0.3, -0.25) is 9.59 Å². The summed E-state index contributed by atoms with van der Waals surface area (Å²) in [5.74, 6) is 2.29. The Morgan fingerprint density at radius 3 is 2.86 bits per heavy atom. The Balaban J connectivity index is 1.25. The zero-order valence-corrected chi connectivity index (χ0v) is 17.2. The van der Waals surface area contributed by atoms with Crippen LogP contribution in [-0.2, 0) is 0 Å². The molecule has 0 N–H and O–H groups in total. The third kappa shape index (κ3) is 3.29. The second kappa shape index (κ2) is 7.40. The second-order valence-corrected chi connectivity index (χ2v) is 8.95. The van der Waals surface area contributed by atoms with E-state index in [4.69, 9.17) is 13.9 Å². The van der Waals surface area contributed by atoms with E-state index in [2.05, 4.69) is 0 Å². The molecule has 3 aliphatic rings. The van der Waals surface area contributed by atoms with E-state index < -0.39 is 0 Å². The predicted octanol–water partition coefficient (Wildman–Crippen LogP) is 3.13. The summed E-state index contributed by atoms with van der Waals surface area (Å²) in [6.07, 6.45) is 5.92. The lowest BCUT2D eigenvalue weighted by Crippen LogP contribution is -2.42. The lowest BCUT2D eigenvalue weighted by molar-refractivity contribution is 0.0622. The number of hydrogen-bond donors (Lipinski definition) is 0. The molecule has 29 heavy (non-hydrogen) atoms. The Hall–Kier alpha value is -2.48. The molecule has 5 rings (SSSR count). The molecular formula is C21H24N2O5S. The molecule has 3 atom stereocenters. The van der Waals surface area contributed by atoms with Gasteiger partial charge in [-0.05, 0) is 37.2 Å². The van der Waals surface area contributed by atoms with Crippen LogP contribution in [0.25, 0.3) is 0 Å². The van der Waals surface area contributed by atoms with Gasteiger partial charge in [0.15, 0.2) is 11.5 Å². The number of fused-ring (bicyclic) bond motifs is 2. The minimum Gasteiger partial charge on any atom is -0.485 e. The van der Waals surface area contributed by atoms with Gasteiger partial charge < -0.3 is 23.7 Å². The molecular weight excluding hydrogens is 392 g/mol. The molecule has 2 aromatic heterocycles. The summed E-state index contributed by atoms with van der Waals surface area (Å²) in [5.41, 5.74) is 0.587. The van der Waals surface area contributed by atoms with Crippen LogP contribution in [0.15, 0.2) is 28.4 Å². The number of hydrogen-bond acceptors (Lipinski definition) is 6. The number of carbonyl (C=O) groups excluding carboxylic acids is 2. The van der Waals surface area contributed by atoms with Gasteiger partial charge in [0, 0.05) is 31.6 Å². The zero-order valence-electron chi connectivity index (χ0n) is 16.3. The second-order valence-electron chi connectivity index (χ2n) is 8.07. The monoisotopic (exact) mass is 416 g/mol. The fourth-order valence-corrected chi connectivity index (χ4v) is 5.76. The highest BCUT2D eigenvalue weighted by Gasteiger charge is 2.42. The van der Waals surface area contributed by atoms with Gasteiger partial charge in [-0.25, -0.2) is 0 Å². The first-order valence-electron chi connectivity index (χ1n) is 10.1. The number of amides is 2. The van der Waals surface area contributed by atoms with E-state index in [1.54, 1.807) is 6.07 Å². The molecule has 2 aromatic rings. The largest absolute Gasteiger partial charge is 0.485 e. The van der Waals surface area contributed by atoms with E-state index in [0.717, 1.165) is 32.4 Å². The maximum Gasteiger partial charge on any atom is 0.267 e. The minimum atomic E-state index is -0.00214. The number of piperidine rings is 1. The third-order valence-corrected chi connectivity index (χ3v) is 7.39. The first-order valence-corrected chi connectivity index (χ1v) is 11.0. The van der Waals surface area contributed by atoms with Crippen LogP contribution >= 0.6 is 11.3 Å². The van der Waals surface area contributed by atoms with Crippen molar-refractivity contribution < 1.29 is 23.5 Å². The van der Waals surface area contributed by atoms with E-state index >= 15 is 0 Å². The normalized spacial score (nSPS) is 25.6. The number of nitrogens with zero attached hydrogens (tertiary/aromatic N) is 2. The van der Waals surface area contributed by atoms with Crippen molar-refractivity contribution in [3.8, 4) is 11.5 Å². The Kier molecular flexibility index (Phi) is 4.73. The van der Waals surface area contributed by atoms with Gasteiger partial charge in [0.2, 0.25) is 0 Å². The van der Waals surface area contributed by atoms with E-state index in [1.807, 2.05) is 22.2 Å². The van der Waals surface area contributed by atoms with Crippen molar-refractivity contribution in [1.82, 2.24) is 9.80 Å². The van der Waals surface area contributed by atoms with Crippen molar-refractivity contribution in [3.63, 3.8) is 0 Å². The molecule has 1 saturated carbocycles. The lowest BCUT2D eigenvalue weighted by Gasteiger charge is -2.34. The van der Waals surface area contributed by atoms with Gasteiger partial charge in [-0.2, -0.15) is 0 Å². The van der Waals surface area contributed by atoms with Crippen LogP contribution in [0, 0.1) is 11.8 Å². The topological polar surface area (TPSA) is 72.2 Å². The highest BCUT2D eigenvalue weighted by molar-refractivity contribution is 7.12. The van der Waals surface area contributed by atoms with Crippen LogP contribution in [0.2, 0.25) is 0 Å². The fraction of sp³-hybridized carbons (Fsp3) is 0.524. The van der Waals surface area contributed by atoms with Crippen LogP contribution in [0.4, 0.5) is 0 Å². The molecule has 0 bridgehead atoms. The van der Waals surface area contributed by atoms with Crippen molar-refractivity contribution in [1.29, 1.82) is 0 Å². The summed E-state index contributed by atoms with van der Waals surface area (Å²) in [6.45, 7) is 2.49. The molecule has 4 heterocycles. The van der Waals surface area contributed by atoms with Crippen molar-refractivity contribution in [2.24, 2.45) is 11.8 Å². The summed E-state index contributed by atoms with van der Waals surface area (Å²) >= 11 is 1.40. The maximum absolute atomic E-state index is 13.1. The summed E-state index contributed by atoms with van der Waals surface area (Å²) < 4.78 is 16.3. The Labute approximate surface area is 173 Å². The van der Waals surface area contributed by atoms with Gasteiger partial charge in [0.1, 0.15) is 24.4 Å². The first kappa shape index (κ1) is 18.5. The molecule has 8 heteroatoms. The van der Waals surface area contributed by atoms with Crippen LogP contribution < -0.4 is 9.47 Å². The van der Waals surface area contributed by atoms with Gasteiger partial charge in [-0.15, -0.1) is 11.3 Å². The molecule has 1 aliphatic carbocycles. The van der Waals surface area contributed by atoms with Gasteiger partial charge in [0.05, 0.1) is 11.8 Å². The molecule has 2 fully saturated rings. The smallest absolute Gasteiger partial charge is 0.267 e. The SMILES string of the molecule is CN(C(=O)c1ccoc1)[C@H]1C[C@H]2CCN(C(=O)c3scc4c3OCCO4)C[C@H]2C1. The average molecular weight is 416 g/mol. The molecule has 7 nitrogen and oxygen atoms in total.